The minimum atomic E-state index is -4.17. The van der Waals surface area contributed by atoms with Gasteiger partial charge in [-0.05, 0) is 61.4 Å². The number of fused-ring (bicyclic) bond motifs is 1. The molecule has 3 N–H and O–H groups in total. The molecule has 0 bridgehead atoms. The Hall–Kier alpha value is -1.87. The Labute approximate surface area is 152 Å². The molecule has 1 heterocycles. The van der Waals surface area contributed by atoms with Crippen LogP contribution in [0.25, 0.3) is 0 Å². The number of benzene rings is 1. The first-order valence-electron chi connectivity index (χ1n) is 8.76. The van der Waals surface area contributed by atoms with E-state index in [4.69, 9.17) is 0 Å². The van der Waals surface area contributed by atoms with E-state index in [1.165, 1.54) is 6.07 Å². The first-order valence-corrected chi connectivity index (χ1v) is 10.2. The molecule has 0 spiro atoms. The molecule has 0 radical (unpaired) electrons. The number of anilines is 1. The Balaban J connectivity index is 1.78. The lowest BCUT2D eigenvalue weighted by atomic mass is 10.1. The van der Waals surface area contributed by atoms with Gasteiger partial charge >= 0.3 is 10.2 Å². The Morgan fingerprint density at radius 2 is 2.15 bits per heavy atom. The highest BCUT2D eigenvalue weighted by Gasteiger charge is 2.39. The SMILES string of the molecule is CC(C)CCNC[C@H]1Cc2cc(O)c(N3CC(=O)NS3(=O)=O)c(F)c2C1. The standard InChI is InChI=1S/C17H24FN3O4S/c1-10(2)3-4-19-8-11-5-12-7-14(22)17(16(18)13(12)6-11)21-9-15(23)20-26(21,24)25/h7,10-11,19,22H,3-6,8-9H2,1-2H3,(H,20,23)/t11-/m0/s1. The van der Waals surface area contributed by atoms with Crippen LogP contribution in [-0.2, 0) is 27.8 Å². The summed E-state index contributed by atoms with van der Waals surface area (Å²) >= 11 is 0. The molecule has 1 fully saturated rings. The molecule has 0 aromatic heterocycles. The molecule has 0 saturated carbocycles. The largest absolute Gasteiger partial charge is 0.506 e. The van der Waals surface area contributed by atoms with E-state index in [9.17, 15) is 22.7 Å². The zero-order valence-corrected chi connectivity index (χ0v) is 15.7. The molecule has 2 aliphatic rings. The molecule has 1 aromatic carbocycles. The van der Waals surface area contributed by atoms with Gasteiger partial charge in [-0.15, -0.1) is 0 Å². The monoisotopic (exact) mass is 385 g/mol. The number of nitrogens with zero attached hydrogens (tertiary/aromatic N) is 1. The Morgan fingerprint density at radius 1 is 1.42 bits per heavy atom. The van der Waals surface area contributed by atoms with E-state index >= 15 is 0 Å². The van der Waals surface area contributed by atoms with Gasteiger partial charge in [0.1, 0.15) is 18.0 Å². The van der Waals surface area contributed by atoms with Crippen LogP contribution in [0.4, 0.5) is 10.1 Å². The molecule has 7 nitrogen and oxygen atoms in total. The molecular weight excluding hydrogens is 361 g/mol. The third kappa shape index (κ3) is 3.64. The van der Waals surface area contributed by atoms with Crippen LogP contribution in [0.15, 0.2) is 6.07 Å². The van der Waals surface area contributed by atoms with Crippen LogP contribution in [0.1, 0.15) is 31.4 Å². The van der Waals surface area contributed by atoms with Gasteiger partial charge in [-0.1, -0.05) is 13.8 Å². The highest BCUT2D eigenvalue weighted by Crippen LogP contribution is 2.41. The summed E-state index contributed by atoms with van der Waals surface area (Å²) in [5.74, 6) is -1.17. The first-order chi connectivity index (χ1) is 12.2. The minimum Gasteiger partial charge on any atom is -0.506 e. The lowest BCUT2D eigenvalue weighted by Gasteiger charge is -2.18. The second kappa shape index (κ2) is 7.03. The number of aromatic hydroxyl groups is 1. The summed E-state index contributed by atoms with van der Waals surface area (Å²) in [6.07, 6.45) is 2.16. The summed E-state index contributed by atoms with van der Waals surface area (Å²) in [5, 5.41) is 13.6. The minimum absolute atomic E-state index is 0.191. The van der Waals surface area contributed by atoms with Gasteiger partial charge in [0.25, 0.3) is 5.91 Å². The lowest BCUT2D eigenvalue weighted by molar-refractivity contribution is -0.117. The molecule has 1 aromatic rings. The van der Waals surface area contributed by atoms with Crippen molar-refractivity contribution in [2.24, 2.45) is 11.8 Å². The van der Waals surface area contributed by atoms with E-state index in [0.717, 1.165) is 19.5 Å². The van der Waals surface area contributed by atoms with Crippen LogP contribution in [0.2, 0.25) is 0 Å². The van der Waals surface area contributed by atoms with Gasteiger partial charge in [0, 0.05) is 0 Å². The predicted octanol–water partition coefficient (Wildman–Crippen LogP) is 1.06. The smallest absolute Gasteiger partial charge is 0.326 e. The van der Waals surface area contributed by atoms with Crippen LogP contribution in [-0.4, -0.2) is 39.1 Å². The zero-order chi connectivity index (χ0) is 19.1. The molecule has 144 valence electrons. The molecule has 1 aliphatic carbocycles. The lowest BCUT2D eigenvalue weighted by Crippen LogP contribution is -2.30. The average molecular weight is 385 g/mol. The zero-order valence-electron chi connectivity index (χ0n) is 14.9. The third-order valence-corrected chi connectivity index (χ3v) is 6.19. The van der Waals surface area contributed by atoms with E-state index in [2.05, 4.69) is 19.2 Å². The molecule has 0 unspecified atom stereocenters. The Bertz CT molecular complexity index is 826. The quantitative estimate of drug-likeness (QED) is 0.636. The fourth-order valence-corrected chi connectivity index (χ4v) is 4.68. The van der Waals surface area contributed by atoms with E-state index in [1.54, 1.807) is 4.72 Å². The van der Waals surface area contributed by atoms with Crippen molar-refractivity contribution < 1.29 is 22.7 Å². The number of carbonyl (C=O) groups excluding carboxylic acids is 1. The van der Waals surface area contributed by atoms with Crippen molar-refractivity contribution in [2.45, 2.75) is 33.1 Å². The molecule has 1 saturated heterocycles. The van der Waals surface area contributed by atoms with Gasteiger partial charge in [-0.25, -0.2) is 13.4 Å². The van der Waals surface area contributed by atoms with Crippen molar-refractivity contribution in [3.05, 3.63) is 23.0 Å². The summed E-state index contributed by atoms with van der Waals surface area (Å²) in [7, 11) is -4.17. The Morgan fingerprint density at radius 3 is 2.77 bits per heavy atom. The van der Waals surface area contributed by atoms with E-state index in [0.29, 0.717) is 34.2 Å². The highest BCUT2D eigenvalue weighted by atomic mass is 32.2. The molecule has 9 heteroatoms. The van der Waals surface area contributed by atoms with E-state index < -0.39 is 39.9 Å². The summed E-state index contributed by atoms with van der Waals surface area (Å²) in [5.41, 5.74) is 0.661. The van der Waals surface area contributed by atoms with Gasteiger partial charge in [0.05, 0.1) is 0 Å². The van der Waals surface area contributed by atoms with Crippen LogP contribution < -0.4 is 14.3 Å². The van der Waals surface area contributed by atoms with Crippen LogP contribution in [0, 0.1) is 17.7 Å². The normalized spacial score (nSPS) is 21.3. The molecule has 1 atom stereocenters. The second-order valence-corrected chi connectivity index (χ2v) is 8.99. The van der Waals surface area contributed by atoms with Crippen molar-refractivity contribution in [3.8, 4) is 5.75 Å². The number of rotatable bonds is 6. The van der Waals surface area contributed by atoms with Crippen molar-refractivity contribution in [1.29, 1.82) is 0 Å². The number of hydrogen-bond donors (Lipinski definition) is 3. The number of hydrogen-bond acceptors (Lipinski definition) is 5. The maximum absolute atomic E-state index is 15.0. The average Bonchev–Trinajstić information content (AvgIpc) is 3.04. The number of phenolic OH excluding ortho intramolecular Hbond substituents is 1. The van der Waals surface area contributed by atoms with Gasteiger partial charge < -0.3 is 10.4 Å². The summed E-state index contributed by atoms with van der Waals surface area (Å²) in [6.45, 7) is 5.39. The summed E-state index contributed by atoms with van der Waals surface area (Å²) < 4.78 is 41.3. The first kappa shape index (κ1) is 18.9. The number of amides is 1. The number of carbonyl (C=O) groups is 1. The van der Waals surface area contributed by atoms with Crippen molar-refractivity contribution in [2.75, 3.05) is 23.9 Å². The van der Waals surface area contributed by atoms with Gasteiger partial charge in [0.2, 0.25) is 0 Å². The topological polar surface area (TPSA) is 98.7 Å². The second-order valence-electron chi connectivity index (χ2n) is 7.39. The third-order valence-electron chi connectivity index (χ3n) is 4.82. The number of phenols is 1. The summed E-state index contributed by atoms with van der Waals surface area (Å²) in [4.78, 5) is 11.4. The van der Waals surface area contributed by atoms with Crippen molar-refractivity contribution >= 4 is 21.8 Å². The highest BCUT2D eigenvalue weighted by molar-refractivity contribution is 7.92. The van der Waals surface area contributed by atoms with Gasteiger partial charge in [0.15, 0.2) is 5.82 Å². The van der Waals surface area contributed by atoms with E-state index in [1.807, 2.05) is 0 Å². The number of nitrogens with one attached hydrogen (secondary N) is 2. The molecule has 1 aliphatic heterocycles. The molecule has 1 amide bonds. The van der Waals surface area contributed by atoms with Gasteiger partial charge in [-0.3, -0.25) is 4.79 Å². The van der Waals surface area contributed by atoms with Gasteiger partial charge in [-0.2, -0.15) is 8.42 Å². The van der Waals surface area contributed by atoms with Crippen LogP contribution >= 0.6 is 0 Å². The maximum atomic E-state index is 15.0. The van der Waals surface area contributed by atoms with Crippen molar-refractivity contribution in [1.82, 2.24) is 10.0 Å². The molecule has 3 rings (SSSR count). The molecular formula is C17H24FN3O4S. The van der Waals surface area contributed by atoms with Crippen LogP contribution in [0.3, 0.4) is 0 Å². The van der Waals surface area contributed by atoms with Crippen molar-refractivity contribution in [3.63, 3.8) is 0 Å². The Kier molecular flexibility index (Phi) is 5.12. The fourth-order valence-electron chi connectivity index (χ4n) is 3.52. The predicted molar refractivity (Wildman–Crippen MR) is 95.7 cm³/mol. The summed E-state index contributed by atoms with van der Waals surface area (Å²) in [6, 6.07) is 1.42. The van der Waals surface area contributed by atoms with E-state index in [-0.39, 0.29) is 5.92 Å². The van der Waals surface area contributed by atoms with Crippen LogP contribution in [0.5, 0.6) is 5.75 Å². The molecule has 26 heavy (non-hydrogen) atoms. The maximum Gasteiger partial charge on any atom is 0.326 e. The number of halogens is 1. The fraction of sp³-hybridized carbons (Fsp3) is 0.588.